The van der Waals surface area contributed by atoms with Gasteiger partial charge in [0.2, 0.25) is 0 Å². The highest BCUT2D eigenvalue weighted by Crippen LogP contribution is 2.06. The molecule has 0 unspecified atom stereocenters. The second kappa shape index (κ2) is 9.17. The maximum atomic E-state index is 4.10. The van der Waals surface area contributed by atoms with Crippen LogP contribution in [0.4, 0.5) is 0 Å². The molecular formula is C15H26N2. The zero-order valence-corrected chi connectivity index (χ0v) is 11.3. The zero-order valence-electron chi connectivity index (χ0n) is 11.3. The first-order valence-electron chi connectivity index (χ1n) is 6.94. The fourth-order valence-corrected chi connectivity index (χ4v) is 1.95. The first-order chi connectivity index (χ1) is 8.34. The van der Waals surface area contributed by atoms with Crippen LogP contribution in [-0.4, -0.2) is 11.5 Å². The SMILES string of the molecule is CCCCCCCCNCc1ccncc1C. The van der Waals surface area contributed by atoms with Gasteiger partial charge in [0.15, 0.2) is 0 Å². The van der Waals surface area contributed by atoms with E-state index in [0.29, 0.717) is 0 Å². The fraction of sp³-hybridized carbons (Fsp3) is 0.667. The molecule has 0 aromatic carbocycles. The van der Waals surface area contributed by atoms with Crippen molar-refractivity contribution in [3.63, 3.8) is 0 Å². The van der Waals surface area contributed by atoms with Crippen molar-refractivity contribution in [2.75, 3.05) is 6.54 Å². The van der Waals surface area contributed by atoms with E-state index in [4.69, 9.17) is 0 Å². The molecule has 2 heteroatoms. The second-order valence-electron chi connectivity index (χ2n) is 4.75. The Bertz CT molecular complexity index is 297. The van der Waals surface area contributed by atoms with E-state index in [1.54, 1.807) is 0 Å². The number of aromatic nitrogens is 1. The molecule has 0 aliphatic heterocycles. The summed E-state index contributed by atoms with van der Waals surface area (Å²) in [4.78, 5) is 4.10. The number of hydrogen-bond acceptors (Lipinski definition) is 2. The maximum Gasteiger partial charge on any atom is 0.0300 e. The summed E-state index contributed by atoms with van der Waals surface area (Å²) in [6.45, 7) is 6.49. The van der Waals surface area contributed by atoms with Gasteiger partial charge in [0, 0.05) is 18.9 Å². The van der Waals surface area contributed by atoms with Gasteiger partial charge >= 0.3 is 0 Å². The monoisotopic (exact) mass is 234 g/mol. The van der Waals surface area contributed by atoms with E-state index in [0.717, 1.165) is 13.1 Å². The highest BCUT2D eigenvalue weighted by atomic mass is 14.8. The number of rotatable bonds is 9. The average molecular weight is 234 g/mol. The summed E-state index contributed by atoms with van der Waals surface area (Å²) < 4.78 is 0. The zero-order chi connectivity index (χ0) is 12.3. The summed E-state index contributed by atoms with van der Waals surface area (Å²) in [6.07, 6.45) is 12.0. The van der Waals surface area contributed by atoms with Crippen LogP contribution >= 0.6 is 0 Å². The van der Waals surface area contributed by atoms with Crippen molar-refractivity contribution in [2.45, 2.75) is 58.9 Å². The summed E-state index contributed by atoms with van der Waals surface area (Å²) in [7, 11) is 0. The van der Waals surface area contributed by atoms with Crippen LogP contribution in [0.15, 0.2) is 18.5 Å². The van der Waals surface area contributed by atoms with Gasteiger partial charge < -0.3 is 5.32 Å². The number of pyridine rings is 1. The number of aryl methyl sites for hydroxylation is 1. The maximum absolute atomic E-state index is 4.10. The molecule has 1 aromatic rings. The summed E-state index contributed by atoms with van der Waals surface area (Å²) in [5.74, 6) is 0. The van der Waals surface area contributed by atoms with Gasteiger partial charge in [-0.05, 0) is 37.1 Å². The molecule has 1 heterocycles. The summed E-state index contributed by atoms with van der Waals surface area (Å²) in [6, 6.07) is 2.10. The van der Waals surface area contributed by atoms with E-state index >= 15 is 0 Å². The highest BCUT2D eigenvalue weighted by Gasteiger charge is 1.96. The Morgan fingerprint density at radius 3 is 2.65 bits per heavy atom. The number of nitrogens with zero attached hydrogens (tertiary/aromatic N) is 1. The smallest absolute Gasteiger partial charge is 0.0300 e. The van der Waals surface area contributed by atoms with Crippen molar-refractivity contribution >= 4 is 0 Å². The third-order valence-corrected chi connectivity index (χ3v) is 3.16. The van der Waals surface area contributed by atoms with Crippen molar-refractivity contribution in [1.82, 2.24) is 10.3 Å². The molecule has 17 heavy (non-hydrogen) atoms. The molecule has 96 valence electrons. The minimum absolute atomic E-state index is 0.976. The third-order valence-electron chi connectivity index (χ3n) is 3.16. The molecule has 0 amide bonds. The normalized spacial score (nSPS) is 10.7. The van der Waals surface area contributed by atoms with Crippen LogP contribution in [0.3, 0.4) is 0 Å². The van der Waals surface area contributed by atoms with Gasteiger partial charge in [-0.25, -0.2) is 0 Å². The average Bonchev–Trinajstić information content (AvgIpc) is 2.35. The quantitative estimate of drug-likeness (QED) is 0.657. The van der Waals surface area contributed by atoms with E-state index in [2.05, 4.69) is 30.2 Å². The minimum atomic E-state index is 0.976. The van der Waals surface area contributed by atoms with Crippen molar-refractivity contribution in [3.8, 4) is 0 Å². The topological polar surface area (TPSA) is 24.9 Å². The lowest BCUT2D eigenvalue weighted by atomic mass is 10.1. The van der Waals surface area contributed by atoms with Crippen LogP contribution in [0.5, 0.6) is 0 Å². The molecule has 0 spiro atoms. The standard InChI is InChI=1S/C15H26N2/c1-3-4-5-6-7-8-10-16-13-15-9-11-17-12-14(15)2/h9,11-12,16H,3-8,10,13H2,1-2H3. The van der Waals surface area contributed by atoms with Crippen LogP contribution in [0.2, 0.25) is 0 Å². The predicted molar refractivity (Wildman–Crippen MR) is 74.1 cm³/mol. The van der Waals surface area contributed by atoms with Crippen LogP contribution in [0, 0.1) is 6.92 Å². The Hall–Kier alpha value is -0.890. The molecule has 0 aliphatic rings. The van der Waals surface area contributed by atoms with Crippen molar-refractivity contribution in [3.05, 3.63) is 29.6 Å². The molecule has 1 rings (SSSR count). The van der Waals surface area contributed by atoms with Gasteiger partial charge in [-0.1, -0.05) is 39.0 Å². The molecular weight excluding hydrogens is 208 g/mol. The number of hydrogen-bond donors (Lipinski definition) is 1. The van der Waals surface area contributed by atoms with Gasteiger partial charge in [0.05, 0.1) is 0 Å². The molecule has 0 saturated heterocycles. The van der Waals surface area contributed by atoms with Gasteiger partial charge in [-0.2, -0.15) is 0 Å². The van der Waals surface area contributed by atoms with Crippen LogP contribution in [0.1, 0.15) is 56.6 Å². The summed E-state index contributed by atoms with van der Waals surface area (Å²) in [5.41, 5.74) is 2.65. The van der Waals surface area contributed by atoms with Crippen LogP contribution in [-0.2, 0) is 6.54 Å². The molecule has 0 saturated carbocycles. The molecule has 1 aromatic heterocycles. The van der Waals surface area contributed by atoms with Gasteiger partial charge in [0.25, 0.3) is 0 Å². The molecule has 0 bridgehead atoms. The molecule has 0 fully saturated rings. The summed E-state index contributed by atoms with van der Waals surface area (Å²) in [5, 5.41) is 3.51. The van der Waals surface area contributed by atoms with Gasteiger partial charge in [-0.3, -0.25) is 4.98 Å². The first kappa shape index (κ1) is 14.2. The van der Waals surface area contributed by atoms with E-state index in [9.17, 15) is 0 Å². The largest absolute Gasteiger partial charge is 0.313 e. The van der Waals surface area contributed by atoms with Crippen molar-refractivity contribution < 1.29 is 0 Å². The third kappa shape index (κ3) is 6.42. The number of nitrogens with one attached hydrogen (secondary N) is 1. The number of unbranched alkanes of at least 4 members (excludes halogenated alkanes) is 5. The molecule has 1 N–H and O–H groups in total. The Morgan fingerprint density at radius 1 is 1.12 bits per heavy atom. The lowest BCUT2D eigenvalue weighted by Gasteiger charge is -2.07. The second-order valence-corrected chi connectivity index (χ2v) is 4.75. The Labute approximate surface area is 106 Å². The first-order valence-corrected chi connectivity index (χ1v) is 6.94. The molecule has 0 atom stereocenters. The Morgan fingerprint density at radius 2 is 1.88 bits per heavy atom. The minimum Gasteiger partial charge on any atom is -0.313 e. The summed E-state index contributed by atoms with van der Waals surface area (Å²) >= 11 is 0. The molecule has 0 aliphatic carbocycles. The lowest BCUT2D eigenvalue weighted by molar-refractivity contribution is 0.571. The highest BCUT2D eigenvalue weighted by molar-refractivity contribution is 5.20. The Balaban J connectivity index is 1.99. The Kier molecular flexibility index (Phi) is 7.65. The lowest BCUT2D eigenvalue weighted by Crippen LogP contribution is -2.15. The fourth-order valence-electron chi connectivity index (χ4n) is 1.95. The van der Waals surface area contributed by atoms with E-state index in [1.807, 2.05) is 12.4 Å². The van der Waals surface area contributed by atoms with E-state index < -0.39 is 0 Å². The van der Waals surface area contributed by atoms with Crippen molar-refractivity contribution in [2.24, 2.45) is 0 Å². The van der Waals surface area contributed by atoms with Crippen LogP contribution in [0.25, 0.3) is 0 Å². The predicted octanol–water partition coefficient (Wildman–Crippen LogP) is 3.84. The molecule has 2 nitrogen and oxygen atoms in total. The van der Waals surface area contributed by atoms with E-state index in [1.165, 1.54) is 49.7 Å². The van der Waals surface area contributed by atoms with Gasteiger partial charge in [-0.15, -0.1) is 0 Å². The van der Waals surface area contributed by atoms with E-state index in [-0.39, 0.29) is 0 Å². The van der Waals surface area contributed by atoms with Crippen molar-refractivity contribution in [1.29, 1.82) is 0 Å². The molecule has 0 radical (unpaired) electrons. The van der Waals surface area contributed by atoms with Crippen LogP contribution < -0.4 is 5.32 Å². The van der Waals surface area contributed by atoms with Gasteiger partial charge in [0.1, 0.15) is 0 Å².